The molecule has 1 saturated carbocycles. The molecule has 4 rings (SSSR count). The molecule has 1 aliphatic carbocycles. The van der Waals surface area contributed by atoms with E-state index in [-0.39, 0.29) is 28.0 Å². The molecule has 35 heavy (non-hydrogen) atoms. The number of hydrogen-bond acceptors (Lipinski definition) is 6. The molecule has 0 radical (unpaired) electrons. The molecule has 1 heterocycles. The van der Waals surface area contributed by atoms with Crippen molar-refractivity contribution < 1.29 is 18.8 Å². The molecule has 1 aromatic heterocycles. The number of amides is 3. The van der Waals surface area contributed by atoms with Gasteiger partial charge in [0.2, 0.25) is 5.91 Å². The third-order valence-corrected chi connectivity index (χ3v) is 6.96. The van der Waals surface area contributed by atoms with Crippen LogP contribution in [0.25, 0.3) is 0 Å². The fourth-order valence-corrected chi connectivity index (χ4v) is 5.03. The van der Waals surface area contributed by atoms with Crippen molar-refractivity contribution in [2.75, 3.05) is 10.6 Å². The zero-order valence-corrected chi connectivity index (χ0v) is 20.1. The molecule has 1 aliphatic rings. The normalized spacial score (nSPS) is 14.5. The van der Waals surface area contributed by atoms with Gasteiger partial charge in [-0.05, 0) is 60.3 Å². The summed E-state index contributed by atoms with van der Waals surface area (Å²) >= 11 is 6.75. The standard InChI is InChI=1S/C24H23ClFN5O3S/c25-14-10-8-13(9-11-14)20(23(33)29-16-5-1-2-6-16)31(17-7-3-4-15(26)12-17)24(34)21-18(27)19(22(28)32)30-35-21/h3-4,7-12,16,20H,1-2,5-6,27H2,(H2,28,32)(H,29,33)/t20-/m0/s1. The maximum absolute atomic E-state index is 14.3. The lowest BCUT2D eigenvalue weighted by Gasteiger charge is -2.32. The smallest absolute Gasteiger partial charge is 0.273 e. The summed E-state index contributed by atoms with van der Waals surface area (Å²) in [6.07, 6.45) is 3.65. The van der Waals surface area contributed by atoms with Crippen molar-refractivity contribution in [1.29, 1.82) is 0 Å². The number of benzene rings is 2. The van der Waals surface area contributed by atoms with Crippen LogP contribution in [0.1, 0.15) is 57.4 Å². The quantitative estimate of drug-likeness (QED) is 0.436. The largest absolute Gasteiger partial charge is 0.395 e. The molecule has 1 atom stereocenters. The first-order valence-corrected chi connectivity index (χ1v) is 12.1. The topological polar surface area (TPSA) is 131 Å². The fraction of sp³-hybridized carbons (Fsp3) is 0.250. The van der Waals surface area contributed by atoms with Gasteiger partial charge in [0.25, 0.3) is 11.8 Å². The molecule has 2 aromatic carbocycles. The molecule has 182 valence electrons. The average molecular weight is 516 g/mol. The second-order valence-corrected chi connectivity index (χ2v) is 9.45. The highest BCUT2D eigenvalue weighted by Crippen LogP contribution is 2.34. The number of hydrogen-bond donors (Lipinski definition) is 3. The van der Waals surface area contributed by atoms with E-state index < -0.39 is 29.6 Å². The second-order valence-electron chi connectivity index (χ2n) is 8.24. The fourth-order valence-electron chi connectivity index (χ4n) is 4.16. The van der Waals surface area contributed by atoms with E-state index in [9.17, 15) is 18.8 Å². The summed E-state index contributed by atoms with van der Waals surface area (Å²) in [5.41, 5.74) is 11.5. The minimum atomic E-state index is -1.18. The minimum Gasteiger partial charge on any atom is -0.395 e. The number of nitrogens with two attached hydrogens (primary N) is 2. The Morgan fingerprint density at radius 3 is 2.43 bits per heavy atom. The highest BCUT2D eigenvalue weighted by atomic mass is 35.5. The molecule has 0 aliphatic heterocycles. The molecule has 0 saturated heterocycles. The molecule has 5 N–H and O–H groups in total. The summed E-state index contributed by atoms with van der Waals surface area (Å²) < 4.78 is 18.2. The van der Waals surface area contributed by atoms with Gasteiger partial charge in [-0.2, -0.15) is 4.37 Å². The zero-order valence-electron chi connectivity index (χ0n) is 18.5. The van der Waals surface area contributed by atoms with Crippen LogP contribution in [0.4, 0.5) is 15.8 Å². The second kappa shape index (κ2) is 10.4. The predicted molar refractivity (Wildman–Crippen MR) is 133 cm³/mol. The van der Waals surface area contributed by atoms with Crippen LogP contribution in [-0.4, -0.2) is 28.1 Å². The highest BCUT2D eigenvalue weighted by Gasteiger charge is 2.37. The third-order valence-electron chi connectivity index (χ3n) is 5.85. The molecule has 0 unspecified atom stereocenters. The van der Waals surface area contributed by atoms with Crippen LogP contribution < -0.4 is 21.7 Å². The lowest BCUT2D eigenvalue weighted by atomic mass is 10.0. The molecular formula is C24H23ClFN5O3S. The van der Waals surface area contributed by atoms with Crippen LogP contribution in [-0.2, 0) is 4.79 Å². The van der Waals surface area contributed by atoms with Gasteiger partial charge in [0.15, 0.2) is 5.69 Å². The van der Waals surface area contributed by atoms with E-state index in [2.05, 4.69) is 9.69 Å². The van der Waals surface area contributed by atoms with E-state index >= 15 is 0 Å². The van der Waals surface area contributed by atoms with E-state index in [0.717, 1.165) is 36.6 Å². The Bertz CT molecular complexity index is 1260. The summed E-state index contributed by atoms with van der Waals surface area (Å²) in [7, 11) is 0. The van der Waals surface area contributed by atoms with Gasteiger partial charge in [0.05, 0.1) is 5.69 Å². The number of carbonyl (C=O) groups excluding carboxylic acids is 3. The van der Waals surface area contributed by atoms with Gasteiger partial charge in [0.1, 0.15) is 16.7 Å². The van der Waals surface area contributed by atoms with Crippen molar-refractivity contribution in [2.24, 2.45) is 5.73 Å². The van der Waals surface area contributed by atoms with Gasteiger partial charge in [0, 0.05) is 16.8 Å². The number of aromatic nitrogens is 1. The van der Waals surface area contributed by atoms with Crippen molar-refractivity contribution >= 4 is 52.2 Å². The van der Waals surface area contributed by atoms with Crippen molar-refractivity contribution in [3.05, 3.63) is 75.5 Å². The van der Waals surface area contributed by atoms with Gasteiger partial charge in [-0.25, -0.2) is 4.39 Å². The Morgan fingerprint density at radius 2 is 1.83 bits per heavy atom. The lowest BCUT2D eigenvalue weighted by molar-refractivity contribution is -0.123. The third kappa shape index (κ3) is 5.28. The number of halogens is 2. The van der Waals surface area contributed by atoms with Crippen molar-refractivity contribution in [1.82, 2.24) is 9.69 Å². The van der Waals surface area contributed by atoms with E-state index in [1.807, 2.05) is 0 Å². The Balaban J connectivity index is 1.85. The van der Waals surface area contributed by atoms with E-state index in [0.29, 0.717) is 22.1 Å². The van der Waals surface area contributed by atoms with Crippen LogP contribution >= 0.6 is 23.1 Å². The van der Waals surface area contributed by atoms with Crippen LogP contribution in [0, 0.1) is 5.82 Å². The Kier molecular flexibility index (Phi) is 7.32. The number of carbonyl (C=O) groups is 3. The minimum absolute atomic E-state index is 0.0308. The molecule has 8 nitrogen and oxygen atoms in total. The summed E-state index contributed by atoms with van der Waals surface area (Å²) in [6, 6.07) is 10.6. The molecular weight excluding hydrogens is 493 g/mol. The molecule has 1 fully saturated rings. The predicted octanol–water partition coefficient (Wildman–Crippen LogP) is 4.06. The average Bonchev–Trinajstić information content (AvgIpc) is 3.47. The highest BCUT2D eigenvalue weighted by molar-refractivity contribution is 7.09. The Morgan fingerprint density at radius 1 is 1.14 bits per heavy atom. The number of primary amides is 1. The molecule has 3 aromatic rings. The maximum Gasteiger partial charge on any atom is 0.273 e. The summed E-state index contributed by atoms with van der Waals surface area (Å²) in [6.45, 7) is 0. The van der Waals surface area contributed by atoms with Gasteiger partial charge in [-0.3, -0.25) is 19.3 Å². The number of nitrogens with one attached hydrogen (secondary N) is 1. The first-order chi connectivity index (χ1) is 16.8. The van der Waals surface area contributed by atoms with E-state index in [1.165, 1.54) is 18.2 Å². The lowest BCUT2D eigenvalue weighted by Crippen LogP contribution is -2.46. The van der Waals surface area contributed by atoms with E-state index in [4.69, 9.17) is 23.1 Å². The van der Waals surface area contributed by atoms with Crippen LogP contribution in [0.2, 0.25) is 5.02 Å². The van der Waals surface area contributed by atoms with Crippen LogP contribution in [0.5, 0.6) is 0 Å². The Hall–Kier alpha value is -3.50. The van der Waals surface area contributed by atoms with Gasteiger partial charge < -0.3 is 16.8 Å². The molecule has 11 heteroatoms. The van der Waals surface area contributed by atoms with E-state index in [1.54, 1.807) is 24.3 Å². The molecule has 3 amide bonds. The van der Waals surface area contributed by atoms with Crippen LogP contribution in [0.3, 0.4) is 0 Å². The summed E-state index contributed by atoms with van der Waals surface area (Å²) in [5.74, 6) is -2.64. The first-order valence-electron chi connectivity index (χ1n) is 11.0. The van der Waals surface area contributed by atoms with Crippen molar-refractivity contribution in [2.45, 2.75) is 37.8 Å². The summed E-state index contributed by atoms with van der Waals surface area (Å²) in [4.78, 5) is 40.3. The van der Waals surface area contributed by atoms with Crippen molar-refractivity contribution in [3.8, 4) is 0 Å². The van der Waals surface area contributed by atoms with Crippen molar-refractivity contribution in [3.63, 3.8) is 0 Å². The zero-order chi connectivity index (χ0) is 25.1. The van der Waals surface area contributed by atoms with Crippen LogP contribution in [0.15, 0.2) is 48.5 Å². The monoisotopic (exact) mass is 515 g/mol. The SMILES string of the molecule is NC(=O)c1nsc(C(=O)N(c2cccc(F)c2)[C@H](C(=O)NC2CCCC2)c2ccc(Cl)cc2)c1N. The molecule has 0 bridgehead atoms. The number of anilines is 2. The number of rotatable bonds is 7. The first kappa shape index (κ1) is 24.6. The number of nitrogens with zero attached hydrogens (tertiary/aromatic N) is 2. The maximum atomic E-state index is 14.3. The number of nitrogen functional groups attached to an aromatic ring is 1. The summed E-state index contributed by atoms with van der Waals surface area (Å²) in [5, 5.41) is 3.47. The van der Waals surface area contributed by atoms with Gasteiger partial charge in [-0.15, -0.1) is 0 Å². The Labute approximate surface area is 210 Å². The van der Waals surface area contributed by atoms with Gasteiger partial charge >= 0.3 is 0 Å². The van der Waals surface area contributed by atoms with Gasteiger partial charge in [-0.1, -0.05) is 42.6 Å². The molecule has 0 spiro atoms.